The number of piperazine rings is 1. The van der Waals surface area contributed by atoms with Crippen molar-refractivity contribution in [3.05, 3.63) is 28.3 Å². The molecule has 0 saturated carbocycles. The summed E-state index contributed by atoms with van der Waals surface area (Å²) in [5.74, 6) is -2.88. The van der Waals surface area contributed by atoms with Crippen LogP contribution in [0.5, 0.6) is 5.75 Å². The summed E-state index contributed by atoms with van der Waals surface area (Å²) in [5.41, 5.74) is 2.22. The Morgan fingerprint density at radius 2 is 1.74 bits per heavy atom. The lowest BCUT2D eigenvalue weighted by Gasteiger charge is -2.26. The number of nitrogens with one attached hydrogen (secondary N) is 1. The van der Waals surface area contributed by atoms with E-state index in [9.17, 15) is 0 Å². The minimum absolute atomic E-state index is 0.533. The van der Waals surface area contributed by atoms with E-state index < -0.39 is 11.9 Å². The molecule has 0 radical (unpaired) electrons. The Balaban J connectivity index is 0.000000527. The number of carboxylic acid groups (broad SMARTS) is 2. The number of halogens is 1. The summed E-state index contributed by atoms with van der Waals surface area (Å²) in [4.78, 5) is 20.6. The van der Waals surface area contributed by atoms with Gasteiger partial charge in [0.25, 0.3) is 0 Å². The van der Waals surface area contributed by atoms with Crippen LogP contribution in [0.4, 0.5) is 0 Å². The Bertz CT molecular complexity index is 585. The third-order valence-corrected chi connectivity index (χ3v) is 4.07. The summed E-state index contributed by atoms with van der Waals surface area (Å²) >= 11 is 6.20. The average Bonchev–Trinajstić information content (AvgIpc) is 2.61. The molecule has 1 aliphatic heterocycles. The molecule has 27 heavy (non-hydrogen) atoms. The van der Waals surface area contributed by atoms with Crippen LogP contribution >= 0.6 is 11.6 Å². The van der Waals surface area contributed by atoms with Gasteiger partial charge >= 0.3 is 11.9 Å². The molecule has 8 nitrogen and oxygen atoms in total. The van der Waals surface area contributed by atoms with Gasteiger partial charge < -0.3 is 25.0 Å². The number of hydrogen-bond acceptors (Lipinski definition) is 6. The SMILES string of the molecule is Cc1cc(C)c(OCCOCCN2CCNCC2)c(Cl)c1.O=C(O)C(=O)O. The molecule has 0 spiro atoms. The summed E-state index contributed by atoms with van der Waals surface area (Å²) in [6, 6.07) is 4.00. The van der Waals surface area contributed by atoms with Crippen molar-refractivity contribution >= 4 is 23.5 Å². The van der Waals surface area contributed by atoms with Crippen LogP contribution in [-0.4, -0.2) is 79.6 Å². The van der Waals surface area contributed by atoms with Gasteiger partial charge in [0.2, 0.25) is 0 Å². The molecule has 2 rings (SSSR count). The molecule has 152 valence electrons. The number of aliphatic carboxylic acids is 2. The Morgan fingerprint density at radius 3 is 2.30 bits per heavy atom. The zero-order valence-electron chi connectivity index (χ0n) is 15.7. The molecular weight excluding hydrogens is 376 g/mol. The van der Waals surface area contributed by atoms with Crippen molar-refractivity contribution in [2.45, 2.75) is 13.8 Å². The lowest BCUT2D eigenvalue weighted by molar-refractivity contribution is -0.159. The highest BCUT2D eigenvalue weighted by Crippen LogP contribution is 2.29. The molecule has 9 heteroatoms. The summed E-state index contributed by atoms with van der Waals surface area (Å²) in [6.07, 6.45) is 0. The van der Waals surface area contributed by atoms with E-state index in [1.807, 2.05) is 19.9 Å². The van der Waals surface area contributed by atoms with Gasteiger partial charge in [0, 0.05) is 32.7 Å². The van der Waals surface area contributed by atoms with Crippen molar-refractivity contribution < 1.29 is 29.3 Å². The quantitative estimate of drug-likeness (QED) is 0.464. The number of carboxylic acids is 2. The molecule has 0 aliphatic carbocycles. The van der Waals surface area contributed by atoms with Crippen LogP contribution in [-0.2, 0) is 14.3 Å². The maximum atomic E-state index is 9.10. The van der Waals surface area contributed by atoms with Crippen LogP contribution in [0.25, 0.3) is 0 Å². The third kappa shape index (κ3) is 9.58. The van der Waals surface area contributed by atoms with Crippen molar-refractivity contribution in [2.24, 2.45) is 0 Å². The number of aryl methyl sites for hydroxylation is 2. The van der Waals surface area contributed by atoms with Crippen LogP contribution < -0.4 is 10.1 Å². The number of benzene rings is 1. The smallest absolute Gasteiger partial charge is 0.414 e. The average molecular weight is 403 g/mol. The van der Waals surface area contributed by atoms with Crippen molar-refractivity contribution in [3.8, 4) is 5.75 Å². The maximum absolute atomic E-state index is 9.10. The molecule has 0 atom stereocenters. The first-order valence-corrected chi connectivity index (χ1v) is 9.05. The summed E-state index contributed by atoms with van der Waals surface area (Å²) in [5, 5.41) is 18.8. The predicted octanol–water partition coefficient (Wildman–Crippen LogP) is 1.41. The van der Waals surface area contributed by atoms with Gasteiger partial charge in [-0.3, -0.25) is 4.90 Å². The fourth-order valence-corrected chi connectivity index (χ4v) is 2.89. The summed E-state index contributed by atoms with van der Waals surface area (Å²) in [7, 11) is 0. The van der Waals surface area contributed by atoms with Gasteiger partial charge in [0.15, 0.2) is 0 Å². The van der Waals surface area contributed by atoms with Crippen LogP contribution in [0, 0.1) is 13.8 Å². The Labute approximate surface area is 164 Å². The standard InChI is InChI=1S/C16H25ClN2O2.C2H2O4/c1-13-11-14(2)16(15(17)12-13)21-10-9-20-8-7-19-5-3-18-4-6-19;3-1(4)2(5)6/h11-12,18H,3-10H2,1-2H3;(H,3,4)(H,5,6). The van der Waals surface area contributed by atoms with E-state index in [4.69, 9.17) is 40.9 Å². The van der Waals surface area contributed by atoms with Crippen molar-refractivity contribution in [1.82, 2.24) is 10.2 Å². The highest BCUT2D eigenvalue weighted by atomic mass is 35.5. The fourth-order valence-electron chi connectivity index (χ4n) is 2.52. The monoisotopic (exact) mass is 402 g/mol. The molecule has 1 heterocycles. The normalized spacial score (nSPS) is 14.2. The number of rotatable bonds is 7. The van der Waals surface area contributed by atoms with E-state index in [-0.39, 0.29) is 0 Å². The van der Waals surface area contributed by atoms with E-state index in [0.717, 1.165) is 56.2 Å². The molecule has 1 aromatic rings. The molecule has 3 N–H and O–H groups in total. The molecule has 0 unspecified atom stereocenters. The third-order valence-electron chi connectivity index (χ3n) is 3.79. The zero-order valence-corrected chi connectivity index (χ0v) is 16.4. The van der Waals surface area contributed by atoms with E-state index in [1.54, 1.807) is 0 Å². The molecule has 0 amide bonds. The molecule has 1 aromatic carbocycles. The number of carbonyl (C=O) groups is 2. The number of hydrogen-bond donors (Lipinski definition) is 3. The van der Waals surface area contributed by atoms with Gasteiger partial charge in [-0.05, 0) is 31.0 Å². The van der Waals surface area contributed by atoms with Gasteiger partial charge in [0.05, 0.1) is 18.2 Å². The molecule has 1 saturated heterocycles. The molecule has 1 fully saturated rings. The second kappa shape index (κ2) is 12.5. The Hall–Kier alpha value is -1.87. The highest BCUT2D eigenvalue weighted by Gasteiger charge is 2.09. The van der Waals surface area contributed by atoms with Crippen LogP contribution in [0.3, 0.4) is 0 Å². The van der Waals surface area contributed by atoms with Crippen molar-refractivity contribution in [1.29, 1.82) is 0 Å². The first kappa shape index (κ1) is 23.2. The lowest BCUT2D eigenvalue weighted by Crippen LogP contribution is -2.44. The van der Waals surface area contributed by atoms with Gasteiger partial charge in [-0.15, -0.1) is 0 Å². The summed E-state index contributed by atoms with van der Waals surface area (Å²) < 4.78 is 11.4. The summed E-state index contributed by atoms with van der Waals surface area (Å²) in [6.45, 7) is 11.3. The Morgan fingerprint density at radius 1 is 1.11 bits per heavy atom. The second-order valence-electron chi connectivity index (χ2n) is 6.06. The zero-order chi connectivity index (χ0) is 20.2. The maximum Gasteiger partial charge on any atom is 0.414 e. The number of ether oxygens (including phenoxy) is 2. The molecule has 0 aromatic heterocycles. The number of nitrogens with zero attached hydrogens (tertiary/aromatic N) is 1. The van der Waals surface area contributed by atoms with Crippen molar-refractivity contribution in [2.75, 3.05) is 52.5 Å². The second-order valence-corrected chi connectivity index (χ2v) is 6.46. The molecule has 0 bridgehead atoms. The van der Waals surface area contributed by atoms with E-state index >= 15 is 0 Å². The molecular formula is C18H27ClN2O6. The first-order chi connectivity index (χ1) is 12.8. The van der Waals surface area contributed by atoms with Gasteiger partial charge in [0.1, 0.15) is 12.4 Å². The van der Waals surface area contributed by atoms with Crippen LogP contribution in [0.1, 0.15) is 11.1 Å². The largest absolute Gasteiger partial charge is 0.489 e. The highest BCUT2D eigenvalue weighted by molar-refractivity contribution is 6.32. The lowest BCUT2D eigenvalue weighted by atomic mass is 10.1. The van der Waals surface area contributed by atoms with Crippen LogP contribution in [0.15, 0.2) is 12.1 Å². The van der Waals surface area contributed by atoms with E-state index in [0.29, 0.717) is 18.2 Å². The minimum atomic E-state index is -1.82. The Kier molecular flexibility index (Phi) is 10.7. The van der Waals surface area contributed by atoms with Gasteiger partial charge in [-0.1, -0.05) is 17.7 Å². The fraction of sp³-hybridized carbons (Fsp3) is 0.556. The van der Waals surface area contributed by atoms with Gasteiger partial charge in [-0.2, -0.15) is 0 Å². The van der Waals surface area contributed by atoms with Crippen molar-refractivity contribution in [3.63, 3.8) is 0 Å². The van der Waals surface area contributed by atoms with Crippen LogP contribution in [0.2, 0.25) is 5.02 Å². The minimum Gasteiger partial charge on any atom is -0.489 e. The van der Waals surface area contributed by atoms with E-state index in [2.05, 4.69) is 16.3 Å². The predicted molar refractivity (Wildman–Crippen MR) is 102 cm³/mol. The topological polar surface area (TPSA) is 108 Å². The van der Waals surface area contributed by atoms with E-state index in [1.165, 1.54) is 0 Å². The van der Waals surface area contributed by atoms with Gasteiger partial charge in [-0.25, -0.2) is 9.59 Å². The first-order valence-electron chi connectivity index (χ1n) is 8.68. The molecule has 1 aliphatic rings.